The zero-order valence-corrected chi connectivity index (χ0v) is 10.1. The van der Waals surface area contributed by atoms with Gasteiger partial charge in [0.1, 0.15) is 0 Å². The largest absolute Gasteiger partial charge is 0.409 e. The molecule has 7 nitrogen and oxygen atoms in total. The lowest BCUT2D eigenvalue weighted by atomic mass is 10.4. The van der Waals surface area contributed by atoms with Crippen molar-refractivity contribution in [3.05, 3.63) is 46.8 Å². The highest BCUT2D eigenvalue weighted by Crippen LogP contribution is 2.33. The number of nitrogens with two attached hydrogens (primary N) is 1. The quantitative estimate of drug-likeness (QED) is 0.362. The molecule has 3 rings (SSSR count). The fourth-order valence-corrected chi connectivity index (χ4v) is 2.05. The van der Waals surface area contributed by atoms with Crippen LogP contribution in [0.2, 0.25) is 0 Å². The van der Waals surface area contributed by atoms with Crippen LogP contribution >= 0.6 is 0 Å². The van der Waals surface area contributed by atoms with Crippen LogP contribution in [0.1, 0.15) is 24.6 Å². The Labute approximate surface area is 108 Å². The number of aromatic nitrogens is 3. The number of nitrogens with zero attached hydrogens (tertiary/aromatic N) is 4. The summed E-state index contributed by atoms with van der Waals surface area (Å²) in [4.78, 5) is 16.5. The molecule has 1 fully saturated rings. The van der Waals surface area contributed by atoms with Crippen molar-refractivity contribution in [1.29, 1.82) is 0 Å². The predicted molar refractivity (Wildman–Crippen MR) is 68.6 cm³/mol. The van der Waals surface area contributed by atoms with Crippen molar-refractivity contribution in [3.8, 4) is 5.82 Å². The van der Waals surface area contributed by atoms with Gasteiger partial charge in [0.05, 0.1) is 5.69 Å². The summed E-state index contributed by atoms with van der Waals surface area (Å²) in [5.74, 6) is 0.189. The number of rotatable bonds is 3. The summed E-state index contributed by atoms with van der Waals surface area (Å²) in [6, 6.07) is 3.64. The van der Waals surface area contributed by atoms with E-state index in [0.717, 1.165) is 12.8 Å². The normalized spacial score (nSPS) is 15.7. The van der Waals surface area contributed by atoms with E-state index in [9.17, 15) is 4.79 Å². The Balaban J connectivity index is 2.15. The molecule has 98 valence electrons. The Morgan fingerprint density at radius 1 is 1.47 bits per heavy atom. The van der Waals surface area contributed by atoms with Gasteiger partial charge in [-0.3, -0.25) is 9.36 Å². The van der Waals surface area contributed by atoms with Crippen molar-refractivity contribution < 1.29 is 5.21 Å². The molecule has 2 aromatic heterocycles. The number of hydrogen-bond acceptors (Lipinski definition) is 4. The minimum absolute atomic E-state index is 0.0620. The molecule has 1 aliphatic carbocycles. The molecule has 0 unspecified atom stereocenters. The van der Waals surface area contributed by atoms with Gasteiger partial charge in [0.2, 0.25) is 5.82 Å². The second-order valence-corrected chi connectivity index (χ2v) is 4.44. The summed E-state index contributed by atoms with van der Waals surface area (Å²) in [6.07, 6.45) is 6.97. The van der Waals surface area contributed by atoms with Gasteiger partial charge in [-0.05, 0) is 25.0 Å². The molecule has 0 radical (unpaired) electrons. The van der Waals surface area contributed by atoms with Crippen LogP contribution in [-0.2, 0) is 0 Å². The second-order valence-electron chi connectivity index (χ2n) is 4.44. The van der Waals surface area contributed by atoms with Crippen LogP contribution in [0.25, 0.3) is 5.82 Å². The molecule has 7 heteroatoms. The Morgan fingerprint density at radius 2 is 2.26 bits per heavy atom. The molecule has 0 atom stereocenters. The lowest BCUT2D eigenvalue weighted by Gasteiger charge is -2.09. The van der Waals surface area contributed by atoms with E-state index in [-0.39, 0.29) is 23.3 Å². The van der Waals surface area contributed by atoms with Crippen molar-refractivity contribution in [3.63, 3.8) is 0 Å². The van der Waals surface area contributed by atoms with Crippen LogP contribution in [0, 0.1) is 0 Å². The van der Waals surface area contributed by atoms with E-state index >= 15 is 0 Å². The molecule has 2 heterocycles. The van der Waals surface area contributed by atoms with E-state index in [1.165, 1.54) is 4.57 Å². The van der Waals surface area contributed by atoms with Gasteiger partial charge in [0.15, 0.2) is 5.84 Å². The van der Waals surface area contributed by atoms with Gasteiger partial charge in [0.25, 0.3) is 5.56 Å². The van der Waals surface area contributed by atoms with Crippen molar-refractivity contribution in [2.45, 2.75) is 18.9 Å². The van der Waals surface area contributed by atoms with Crippen LogP contribution in [0.15, 0.2) is 40.7 Å². The Hall–Kier alpha value is -2.57. The lowest BCUT2D eigenvalue weighted by molar-refractivity contribution is 0.318. The molecule has 1 saturated carbocycles. The maximum absolute atomic E-state index is 12.3. The zero-order chi connectivity index (χ0) is 13.4. The molecule has 0 bridgehead atoms. The average Bonchev–Trinajstić information content (AvgIpc) is 3.15. The molecule has 19 heavy (non-hydrogen) atoms. The maximum Gasteiger partial charge on any atom is 0.294 e. The second kappa shape index (κ2) is 4.27. The van der Waals surface area contributed by atoms with E-state index in [1.807, 2.05) is 0 Å². The highest BCUT2D eigenvalue weighted by molar-refractivity contribution is 5.96. The molecular weight excluding hydrogens is 246 g/mol. The van der Waals surface area contributed by atoms with E-state index < -0.39 is 0 Å². The summed E-state index contributed by atoms with van der Waals surface area (Å²) in [5, 5.41) is 11.7. The zero-order valence-electron chi connectivity index (χ0n) is 10.1. The van der Waals surface area contributed by atoms with Crippen LogP contribution in [0.4, 0.5) is 0 Å². The standard InChI is InChI=1S/C12H13N5O2/c13-10(15-19)9-2-1-6-17(9)11-12(18)16(7-5-14-11)8-3-4-8/h1-2,5-8,19H,3-4H2,(H2,13,15). The van der Waals surface area contributed by atoms with Crippen LogP contribution in [0.3, 0.4) is 0 Å². The SMILES string of the molecule is N/C(=N/O)c1cccn1-c1nccn(C2CC2)c1=O. The van der Waals surface area contributed by atoms with Crippen LogP contribution in [-0.4, -0.2) is 25.2 Å². The first kappa shape index (κ1) is 11.5. The molecule has 0 aliphatic heterocycles. The molecule has 0 saturated heterocycles. The summed E-state index contributed by atoms with van der Waals surface area (Å²) in [7, 11) is 0. The summed E-state index contributed by atoms with van der Waals surface area (Å²) >= 11 is 0. The summed E-state index contributed by atoms with van der Waals surface area (Å²) < 4.78 is 3.20. The molecule has 3 N–H and O–H groups in total. The average molecular weight is 259 g/mol. The fourth-order valence-electron chi connectivity index (χ4n) is 2.05. The monoisotopic (exact) mass is 259 g/mol. The lowest BCUT2D eigenvalue weighted by Crippen LogP contribution is -2.27. The third kappa shape index (κ3) is 1.88. The van der Waals surface area contributed by atoms with Gasteiger partial charge in [-0.2, -0.15) is 0 Å². The van der Waals surface area contributed by atoms with Gasteiger partial charge in [-0.15, -0.1) is 0 Å². The molecule has 1 aliphatic rings. The number of amidine groups is 1. The summed E-state index contributed by atoms with van der Waals surface area (Å²) in [5.41, 5.74) is 5.84. The van der Waals surface area contributed by atoms with Crippen molar-refractivity contribution in [1.82, 2.24) is 14.1 Å². The molecule has 0 amide bonds. The highest BCUT2D eigenvalue weighted by Gasteiger charge is 2.25. The predicted octanol–water partition coefficient (Wildman–Crippen LogP) is 0.463. The van der Waals surface area contributed by atoms with E-state index in [0.29, 0.717) is 5.69 Å². The summed E-state index contributed by atoms with van der Waals surface area (Å²) in [6.45, 7) is 0. The van der Waals surface area contributed by atoms with Crippen molar-refractivity contribution in [2.24, 2.45) is 10.9 Å². The Morgan fingerprint density at radius 3 is 2.95 bits per heavy atom. The highest BCUT2D eigenvalue weighted by atomic mass is 16.4. The first-order valence-corrected chi connectivity index (χ1v) is 5.95. The van der Waals surface area contributed by atoms with Gasteiger partial charge >= 0.3 is 0 Å². The van der Waals surface area contributed by atoms with E-state index in [1.54, 1.807) is 35.3 Å². The molecule has 0 spiro atoms. The topological polar surface area (TPSA) is 98.4 Å². The molecule has 2 aromatic rings. The Bertz CT molecular complexity index is 696. The first-order chi connectivity index (χ1) is 9.22. The molecule has 0 aromatic carbocycles. The molecular formula is C12H13N5O2. The van der Waals surface area contributed by atoms with Gasteiger partial charge in [0, 0.05) is 24.6 Å². The number of hydrogen-bond donors (Lipinski definition) is 2. The smallest absolute Gasteiger partial charge is 0.294 e. The minimum Gasteiger partial charge on any atom is -0.409 e. The van der Waals surface area contributed by atoms with Gasteiger partial charge < -0.3 is 15.5 Å². The van der Waals surface area contributed by atoms with E-state index in [2.05, 4.69) is 10.1 Å². The Kier molecular flexibility index (Phi) is 2.59. The van der Waals surface area contributed by atoms with Crippen molar-refractivity contribution >= 4 is 5.84 Å². The third-order valence-corrected chi connectivity index (χ3v) is 3.14. The van der Waals surface area contributed by atoms with Crippen LogP contribution < -0.4 is 11.3 Å². The third-order valence-electron chi connectivity index (χ3n) is 3.14. The minimum atomic E-state index is -0.173. The van der Waals surface area contributed by atoms with Gasteiger partial charge in [-0.25, -0.2) is 4.98 Å². The van der Waals surface area contributed by atoms with Crippen LogP contribution in [0.5, 0.6) is 0 Å². The first-order valence-electron chi connectivity index (χ1n) is 5.95. The van der Waals surface area contributed by atoms with Gasteiger partial charge in [-0.1, -0.05) is 5.16 Å². The fraction of sp³-hybridized carbons (Fsp3) is 0.250. The maximum atomic E-state index is 12.3. The van der Waals surface area contributed by atoms with E-state index in [4.69, 9.17) is 10.9 Å². The van der Waals surface area contributed by atoms with Crippen molar-refractivity contribution in [2.75, 3.05) is 0 Å². The number of oxime groups is 1.